The lowest BCUT2D eigenvalue weighted by atomic mass is 10.1. The molecule has 3 heteroatoms. The lowest BCUT2D eigenvalue weighted by Crippen LogP contribution is -1.99. The van der Waals surface area contributed by atoms with Gasteiger partial charge in [-0.2, -0.15) is 0 Å². The highest BCUT2D eigenvalue weighted by molar-refractivity contribution is 5.69. The van der Waals surface area contributed by atoms with E-state index in [1.807, 2.05) is 37.3 Å². The van der Waals surface area contributed by atoms with E-state index >= 15 is 0 Å². The van der Waals surface area contributed by atoms with Gasteiger partial charge in [-0.15, -0.1) is 0 Å². The summed E-state index contributed by atoms with van der Waals surface area (Å²) < 4.78 is 0. The number of phenols is 1. The summed E-state index contributed by atoms with van der Waals surface area (Å²) in [6.07, 6.45) is 2.94. The lowest BCUT2D eigenvalue weighted by Gasteiger charge is -2.11. The van der Waals surface area contributed by atoms with Crippen LogP contribution in [0.4, 0.5) is 11.4 Å². The number of benzene rings is 2. The average Bonchev–Trinajstić information content (AvgIpc) is 2.43. The molecule has 4 N–H and O–H groups in total. The van der Waals surface area contributed by atoms with Gasteiger partial charge in [-0.1, -0.05) is 19.1 Å². The van der Waals surface area contributed by atoms with E-state index in [-0.39, 0.29) is 5.75 Å². The molecule has 2 aromatic carbocycles. The monoisotopic (exact) mass is 268 g/mol. The highest BCUT2D eigenvalue weighted by atomic mass is 16.3. The summed E-state index contributed by atoms with van der Waals surface area (Å²) in [5, 5.41) is 12.6. The summed E-state index contributed by atoms with van der Waals surface area (Å²) in [7, 11) is 0. The van der Waals surface area contributed by atoms with E-state index in [0.29, 0.717) is 0 Å². The number of anilines is 2. The van der Waals surface area contributed by atoms with Crippen LogP contribution in [0.15, 0.2) is 48.5 Å². The first-order valence-corrected chi connectivity index (χ1v) is 6.73. The van der Waals surface area contributed by atoms with Crippen LogP contribution in [-0.4, -0.2) is 5.11 Å². The molecule has 0 aromatic heterocycles. The third kappa shape index (κ3) is 3.32. The van der Waals surface area contributed by atoms with Gasteiger partial charge in [-0.25, -0.2) is 0 Å². The summed E-state index contributed by atoms with van der Waals surface area (Å²) >= 11 is 0. The van der Waals surface area contributed by atoms with Crippen LogP contribution in [0.5, 0.6) is 5.75 Å². The topological polar surface area (TPSA) is 58.3 Å². The van der Waals surface area contributed by atoms with Crippen LogP contribution in [0.2, 0.25) is 0 Å². The number of hydrogen-bond donors (Lipinski definition) is 3. The van der Waals surface area contributed by atoms with Gasteiger partial charge in [0, 0.05) is 17.1 Å². The Labute approximate surface area is 119 Å². The third-order valence-electron chi connectivity index (χ3n) is 3.13. The molecular formula is C17H20N2O. The minimum absolute atomic E-state index is 0.264. The first-order valence-electron chi connectivity index (χ1n) is 6.73. The summed E-state index contributed by atoms with van der Waals surface area (Å²) in [4.78, 5) is 0. The second-order valence-electron chi connectivity index (χ2n) is 4.77. The van der Waals surface area contributed by atoms with E-state index in [1.165, 1.54) is 0 Å². The number of hydrogen-bond acceptors (Lipinski definition) is 3. The van der Waals surface area contributed by atoms with Crippen molar-refractivity contribution in [3.05, 3.63) is 59.7 Å². The molecule has 0 aliphatic carbocycles. The van der Waals surface area contributed by atoms with Gasteiger partial charge in [0.1, 0.15) is 5.75 Å². The fourth-order valence-corrected chi connectivity index (χ4v) is 2.02. The van der Waals surface area contributed by atoms with Crippen molar-refractivity contribution in [1.29, 1.82) is 0 Å². The van der Waals surface area contributed by atoms with Crippen molar-refractivity contribution < 1.29 is 5.11 Å². The summed E-state index contributed by atoms with van der Waals surface area (Å²) in [5.74, 6) is 0.264. The molecule has 0 bridgehead atoms. The molecule has 0 atom stereocenters. The first kappa shape index (κ1) is 14.0. The minimum Gasteiger partial charge on any atom is -0.508 e. The van der Waals surface area contributed by atoms with E-state index in [1.54, 1.807) is 12.1 Å². The van der Waals surface area contributed by atoms with E-state index in [0.717, 1.165) is 34.6 Å². The number of nitrogens with two attached hydrogens (primary N) is 1. The largest absolute Gasteiger partial charge is 0.508 e. The van der Waals surface area contributed by atoms with Gasteiger partial charge in [0.25, 0.3) is 0 Å². The normalized spacial score (nSPS) is 11.4. The molecule has 0 saturated carbocycles. The quantitative estimate of drug-likeness (QED) is 0.730. The molecule has 0 saturated heterocycles. The van der Waals surface area contributed by atoms with E-state index in [4.69, 9.17) is 5.73 Å². The second kappa shape index (κ2) is 6.15. The van der Waals surface area contributed by atoms with Crippen LogP contribution in [-0.2, 0) is 0 Å². The summed E-state index contributed by atoms with van der Waals surface area (Å²) in [5.41, 5.74) is 11.0. The number of phenolic OH excluding ortho intramolecular Hbond substituents is 1. The van der Waals surface area contributed by atoms with Gasteiger partial charge in [0.15, 0.2) is 0 Å². The molecule has 0 radical (unpaired) electrons. The maximum Gasteiger partial charge on any atom is 0.115 e. The maximum atomic E-state index is 9.28. The molecule has 2 aromatic rings. The highest BCUT2D eigenvalue weighted by Crippen LogP contribution is 2.24. The fourth-order valence-electron chi connectivity index (χ4n) is 2.02. The number of aromatic hydroxyl groups is 1. The zero-order valence-corrected chi connectivity index (χ0v) is 11.9. The van der Waals surface area contributed by atoms with Crippen molar-refractivity contribution in [3.8, 4) is 5.75 Å². The lowest BCUT2D eigenvalue weighted by molar-refractivity contribution is 0.475. The molecule has 0 heterocycles. The average molecular weight is 268 g/mol. The summed E-state index contributed by atoms with van der Waals surface area (Å²) in [6.45, 7) is 4.12. The van der Waals surface area contributed by atoms with E-state index in [2.05, 4.69) is 18.3 Å². The molecule has 104 valence electrons. The Bertz CT molecular complexity index is 615. The minimum atomic E-state index is 0.264. The van der Waals surface area contributed by atoms with Crippen molar-refractivity contribution in [2.24, 2.45) is 5.73 Å². The molecule has 20 heavy (non-hydrogen) atoms. The molecule has 0 fully saturated rings. The van der Waals surface area contributed by atoms with Gasteiger partial charge in [0.05, 0.1) is 0 Å². The zero-order chi connectivity index (χ0) is 14.5. The molecule has 0 aliphatic rings. The predicted octanol–water partition coefficient (Wildman–Crippen LogP) is 4.15. The SMILES string of the molecule is CC/C=C(\N)c1ccc(Nc2ccc(O)cc2)c(C)c1. The molecule has 2 rings (SSSR count). The Kier molecular flexibility index (Phi) is 4.31. The number of allylic oxidation sites excluding steroid dienone is 1. The van der Waals surface area contributed by atoms with E-state index < -0.39 is 0 Å². The van der Waals surface area contributed by atoms with Gasteiger partial charge in [-0.05, 0) is 60.9 Å². The predicted molar refractivity (Wildman–Crippen MR) is 85.0 cm³/mol. The van der Waals surface area contributed by atoms with Crippen molar-refractivity contribution in [1.82, 2.24) is 0 Å². The second-order valence-corrected chi connectivity index (χ2v) is 4.77. The highest BCUT2D eigenvalue weighted by Gasteiger charge is 2.02. The maximum absolute atomic E-state index is 9.28. The third-order valence-corrected chi connectivity index (χ3v) is 3.13. The standard InChI is InChI=1S/C17H20N2O/c1-3-4-16(18)13-5-10-17(12(2)11-13)19-14-6-8-15(20)9-7-14/h4-11,19-20H,3,18H2,1-2H3/b16-4-. The number of rotatable bonds is 4. The van der Waals surface area contributed by atoms with Gasteiger partial charge in [0.2, 0.25) is 0 Å². The van der Waals surface area contributed by atoms with Crippen molar-refractivity contribution >= 4 is 17.1 Å². The Morgan fingerprint density at radius 2 is 1.90 bits per heavy atom. The van der Waals surface area contributed by atoms with Gasteiger partial charge in [-0.3, -0.25) is 0 Å². The Hall–Kier alpha value is -2.42. The molecule has 0 amide bonds. The van der Waals surface area contributed by atoms with Gasteiger partial charge < -0.3 is 16.2 Å². The molecule has 0 spiro atoms. The molecular weight excluding hydrogens is 248 g/mol. The Morgan fingerprint density at radius 3 is 2.50 bits per heavy atom. The van der Waals surface area contributed by atoms with Crippen LogP contribution in [0.25, 0.3) is 5.70 Å². The smallest absolute Gasteiger partial charge is 0.115 e. The molecule has 0 aliphatic heterocycles. The van der Waals surface area contributed by atoms with Crippen LogP contribution >= 0.6 is 0 Å². The Morgan fingerprint density at radius 1 is 1.20 bits per heavy atom. The van der Waals surface area contributed by atoms with Crippen LogP contribution in [0.3, 0.4) is 0 Å². The zero-order valence-electron chi connectivity index (χ0n) is 11.9. The number of aryl methyl sites for hydroxylation is 1. The first-order chi connectivity index (χ1) is 9.60. The van der Waals surface area contributed by atoms with Gasteiger partial charge >= 0.3 is 0 Å². The molecule has 3 nitrogen and oxygen atoms in total. The summed E-state index contributed by atoms with van der Waals surface area (Å²) in [6, 6.07) is 13.1. The van der Waals surface area contributed by atoms with Crippen LogP contribution in [0.1, 0.15) is 24.5 Å². The number of nitrogens with one attached hydrogen (secondary N) is 1. The van der Waals surface area contributed by atoms with Crippen LogP contribution in [0, 0.1) is 6.92 Å². The molecule has 0 unspecified atom stereocenters. The Balaban J connectivity index is 2.22. The van der Waals surface area contributed by atoms with Crippen molar-refractivity contribution in [2.75, 3.05) is 5.32 Å². The van der Waals surface area contributed by atoms with Crippen molar-refractivity contribution in [2.45, 2.75) is 20.3 Å². The van der Waals surface area contributed by atoms with E-state index in [9.17, 15) is 5.11 Å². The van der Waals surface area contributed by atoms with Crippen LogP contribution < -0.4 is 11.1 Å². The van der Waals surface area contributed by atoms with Crippen molar-refractivity contribution in [3.63, 3.8) is 0 Å². The fraction of sp³-hybridized carbons (Fsp3) is 0.176.